The van der Waals surface area contributed by atoms with Crippen LogP contribution < -0.4 is 0 Å². The molecule has 1 N–H and O–H groups in total. The molecule has 0 bridgehead atoms. The molecule has 0 unspecified atom stereocenters. The molecular formula is C15H14N2O2S. The number of hydrogen-bond donors (Lipinski definition) is 1. The van der Waals surface area contributed by atoms with Crippen molar-refractivity contribution in [3.05, 3.63) is 57.3 Å². The molecule has 0 amide bonds. The molecule has 1 aromatic carbocycles. The fourth-order valence-corrected chi connectivity index (χ4v) is 2.88. The van der Waals surface area contributed by atoms with E-state index in [9.17, 15) is 4.79 Å². The van der Waals surface area contributed by atoms with Crippen LogP contribution in [0.3, 0.4) is 0 Å². The van der Waals surface area contributed by atoms with Crippen molar-refractivity contribution in [1.29, 1.82) is 5.26 Å². The van der Waals surface area contributed by atoms with Gasteiger partial charge in [0, 0.05) is 18.0 Å². The van der Waals surface area contributed by atoms with Gasteiger partial charge >= 0.3 is 5.97 Å². The number of thiophene rings is 1. The first-order valence-electron chi connectivity index (χ1n) is 6.08. The van der Waals surface area contributed by atoms with Gasteiger partial charge in [-0.3, -0.25) is 4.90 Å². The highest BCUT2D eigenvalue weighted by Crippen LogP contribution is 2.18. The number of carboxylic acids is 1. The number of carboxylic acid groups (broad SMARTS) is 1. The van der Waals surface area contributed by atoms with Gasteiger partial charge in [0.15, 0.2) is 0 Å². The van der Waals surface area contributed by atoms with Crippen molar-refractivity contribution in [2.24, 2.45) is 0 Å². The van der Waals surface area contributed by atoms with Crippen LogP contribution in [0.1, 0.15) is 25.7 Å². The Balaban J connectivity index is 1.99. The molecule has 4 nitrogen and oxygen atoms in total. The number of nitriles is 1. The molecule has 0 fully saturated rings. The summed E-state index contributed by atoms with van der Waals surface area (Å²) in [4.78, 5) is 14.3. The second-order valence-electron chi connectivity index (χ2n) is 4.56. The van der Waals surface area contributed by atoms with Crippen LogP contribution in [-0.4, -0.2) is 23.0 Å². The summed E-state index contributed by atoms with van der Waals surface area (Å²) in [5, 5.41) is 17.8. The lowest BCUT2D eigenvalue weighted by Gasteiger charge is -2.15. The van der Waals surface area contributed by atoms with Gasteiger partial charge in [0.25, 0.3) is 0 Å². The Bertz CT molecular complexity index is 658. The third kappa shape index (κ3) is 3.67. The van der Waals surface area contributed by atoms with Crippen LogP contribution in [0.4, 0.5) is 0 Å². The Morgan fingerprint density at radius 2 is 2.15 bits per heavy atom. The number of rotatable bonds is 5. The lowest BCUT2D eigenvalue weighted by molar-refractivity contribution is 0.0702. The van der Waals surface area contributed by atoms with Gasteiger partial charge in [0.05, 0.1) is 11.6 Å². The first kappa shape index (κ1) is 14.3. The summed E-state index contributed by atoms with van der Waals surface area (Å²) in [7, 11) is 1.97. The van der Waals surface area contributed by atoms with E-state index >= 15 is 0 Å². The van der Waals surface area contributed by atoms with Gasteiger partial charge in [0.2, 0.25) is 0 Å². The molecular weight excluding hydrogens is 272 g/mol. The summed E-state index contributed by atoms with van der Waals surface area (Å²) >= 11 is 1.29. The molecule has 0 aliphatic rings. The molecule has 2 aromatic rings. The Morgan fingerprint density at radius 1 is 1.35 bits per heavy atom. The molecule has 1 heterocycles. The fraction of sp³-hybridized carbons (Fsp3) is 0.200. The molecule has 0 atom stereocenters. The van der Waals surface area contributed by atoms with Crippen LogP contribution in [0.25, 0.3) is 0 Å². The minimum atomic E-state index is -0.884. The minimum absolute atomic E-state index is 0.361. The number of hydrogen-bond acceptors (Lipinski definition) is 4. The normalized spacial score (nSPS) is 10.4. The highest BCUT2D eigenvalue weighted by atomic mass is 32.1. The standard InChI is InChI=1S/C15H14N2O2S/c1-17(9-12-4-2-3-11(7-12)8-16)10-13-5-6-14(20-13)15(18)19/h2-7H,9-10H2,1H3,(H,18,19). The van der Waals surface area contributed by atoms with Crippen molar-refractivity contribution in [2.45, 2.75) is 13.1 Å². The van der Waals surface area contributed by atoms with Gasteiger partial charge in [-0.25, -0.2) is 4.79 Å². The largest absolute Gasteiger partial charge is 0.477 e. The maximum atomic E-state index is 10.8. The Labute approximate surface area is 121 Å². The summed E-state index contributed by atoms with van der Waals surface area (Å²) in [6.07, 6.45) is 0. The number of benzene rings is 1. The first-order valence-corrected chi connectivity index (χ1v) is 6.89. The van der Waals surface area contributed by atoms with Gasteiger partial charge in [-0.2, -0.15) is 5.26 Å². The van der Waals surface area contributed by atoms with E-state index in [1.165, 1.54) is 11.3 Å². The smallest absolute Gasteiger partial charge is 0.345 e. The van der Waals surface area contributed by atoms with Gasteiger partial charge in [-0.15, -0.1) is 11.3 Å². The zero-order valence-electron chi connectivity index (χ0n) is 11.0. The lowest BCUT2D eigenvalue weighted by Crippen LogP contribution is -2.16. The van der Waals surface area contributed by atoms with E-state index in [-0.39, 0.29) is 0 Å². The minimum Gasteiger partial charge on any atom is -0.477 e. The lowest BCUT2D eigenvalue weighted by atomic mass is 10.1. The quantitative estimate of drug-likeness (QED) is 0.917. The third-order valence-corrected chi connectivity index (χ3v) is 3.86. The van der Waals surface area contributed by atoms with E-state index in [0.29, 0.717) is 17.0 Å². The van der Waals surface area contributed by atoms with Crippen molar-refractivity contribution < 1.29 is 9.90 Å². The topological polar surface area (TPSA) is 64.3 Å². The molecule has 0 spiro atoms. The van der Waals surface area contributed by atoms with E-state index in [0.717, 1.165) is 17.0 Å². The van der Waals surface area contributed by atoms with Crippen LogP contribution in [0, 0.1) is 11.3 Å². The predicted molar refractivity (Wildman–Crippen MR) is 77.6 cm³/mol. The number of carbonyl (C=O) groups is 1. The van der Waals surface area contributed by atoms with Gasteiger partial charge in [0.1, 0.15) is 4.88 Å². The van der Waals surface area contributed by atoms with Crippen molar-refractivity contribution in [3.63, 3.8) is 0 Å². The number of aromatic carboxylic acids is 1. The van der Waals surface area contributed by atoms with Crippen molar-refractivity contribution in [3.8, 4) is 6.07 Å². The van der Waals surface area contributed by atoms with Gasteiger partial charge in [-0.05, 0) is 36.9 Å². The van der Waals surface area contributed by atoms with Crippen LogP contribution in [0.5, 0.6) is 0 Å². The summed E-state index contributed by atoms with van der Waals surface area (Å²) in [5.41, 5.74) is 1.72. The Morgan fingerprint density at radius 3 is 2.80 bits per heavy atom. The molecule has 0 saturated carbocycles. The Hall–Kier alpha value is -2.16. The SMILES string of the molecule is CN(Cc1cccc(C#N)c1)Cc1ccc(C(=O)O)s1. The van der Waals surface area contributed by atoms with Crippen LogP contribution in [-0.2, 0) is 13.1 Å². The maximum Gasteiger partial charge on any atom is 0.345 e. The fourth-order valence-electron chi connectivity index (χ4n) is 1.95. The van der Waals surface area contributed by atoms with E-state index < -0.39 is 5.97 Å². The Kier molecular flexibility index (Phi) is 4.51. The van der Waals surface area contributed by atoms with Crippen LogP contribution in [0.15, 0.2) is 36.4 Å². The van der Waals surface area contributed by atoms with E-state index in [1.54, 1.807) is 12.1 Å². The number of nitrogens with zero attached hydrogens (tertiary/aromatic N) is 2. The van der Waals surface area contributed by atoms with Gasteiger partial charge in [-0.1, -0.05) is 12.1 Å². The zero-order chi connectivity index (χ0) is 14.5. The maximum absolute atomic E-state index is 10.8. The van der Waals surface area contributed by atoms with E-state index in [4.69, 9.17) is 10.4 Å². The first-order chi connectivity index (χ1) is 9.58. The molecule has 1 aromatic heterocycles. The summed E-state index contributed by atoms with van der Waals surface area (Å²) in [5.74, 6) is -0.884. The van der Waals surface area contributed by atoms with Crippen LogP contribution in [0.2, 0.25) is 0 Å². The van der Waals surface area contributed by atoms with E-state index in [2.05, 4.69) is 11.0 Å². The molecule has 2 rings (SSSR count). The molecule has 0 radical (unpaired) electrons. The van der Waals surface area contributed by atoms with Crippen molar-refractivity contribution in [1.82, 2.24) is 4.90 Å². The second kappa shape index (κ2) is 6.33. The molecule has 0 aliphatic carbocycles. The second-order valence-corrected chi connectivity index (χ2v) is 5.72. The van der Waals surface area contributed by atoms with Gasteiger partial charge < -0.3 is 5.11 Å². The average molecular weight is 286 g/mol. The molecule has 102 valence electrons. The monoisotopic (exact) mass is 286 g/mol. The van der Waals surface area contributed by atoms with Crippen LogP contribution >= 0.6 is 11.3 Å². The van der Waals surface area contributed by atoms with E-state index in [1.807, 2.05) is 31.3 Å². The molecule has 5 heteroatoms. The highest BCUT2D eigenvalue weighted by molar-refractivity contribution is 7.13. The average Bonchev–Trinajstić information content (AvgIpc) is 2.87. The van der Waals surface area contributed by atoms with Crippen molar-refractivity contribution in [2.75, 3.05) is 7.05 Å². The molecule has 0 aliphatic heterocycles. The highest BCUT2D eigenvalue weighted by Gasteiger charge is 2.09. The predicted octanol–water partition coefficient (Wildman–Crippen LogP) is 2.95. The zero-order valence-corrected chi connectivity index (χ0v) is 11.9. The summed E-state index contributed by atoms with van der Waals surface area (Å²) < 4.78 is 0. The summed E-state index contributed by atoms with van der Waals surface area (Å²) in [6.45, 7) is 1.41. The molecule has 0 saturated heterocycles. The van der Waals surface area contributed by atoms with Crippen molar-refractivity contribution >= 4 is 17.3 Å². The summed E-state index contributed by atoms with van der Waals surface area (Å²) in [6, 6.07) is 13.1. The third-order valence-electron chi connectivity index (χ3n) is 2.81. The molecule has 20 heavy (non-hydrogen) atoms.